The lowest BCUT2D eigenvalue weighted by Gasteiger charge is -2.36. The van der Waals surface area contributed by atoms with Crippen LogP contribution in [0.1, 0.15) is 105 Å². The zero-order valence-corrected chi connectivity index (χ0v) is 20.4. The maximum atomic E-state index is 6.37. The van der Waals surface area contributed by atoms with Gasteiger partial charge in [-0.15, -0.1) is 0 Å². The van der Waals surface area contributed by atoms with Crippen molar-refractivity contribution in [3.8, 4) is 0 Å². The third-order valence-corrected chi connectivity index (χ3v) is 6.67. The van der Waals surface area contributed by atoms with Gasteiger partial charge < -0.3 is 17.1 Å². The van der Waals surface area contributed by atoms with Gasteiger partial charge in [-0.25, -0.2) is 9.13 Å². The second kappa shape index (κ2) is 15.3. The molecule has 29 heavy (non-hydrogen) atoms. The van der Waals surface area contributed by atoms with E-state index in [4.69, 9.17) is 4.74 Å². The number of hydrogen-bond donors (Lipinski definition) is 0. The Morgan fingerprint density at radius 3 is 2.31 bits per heavy atom. The molecular formula is C25H47ClN2O. The van der Waals surface area contributed by atoms with Gasteiger partial charge >= 0.3 is 0 Å². The van der Waals surface area contributed by atoms with E-state index in [1.165, 1.54) is 77.0 Å². The molecule has 1 saturated carbocycles. The highest BCUT2D eigenvalue weighted by molar-refractivity contribution is 4.80. The summed E-state index contributed by atoms with van der Waals surface area (Å²) in [6.07, 6.45) is 23.5. The van der Waals surface area contributed by atoms with Gasteiger partial charge in [0.15, 0.2) is 6.73 Å². The summed E-state index contributed by atoms with van der Waals surface area (Å²) in [6, 6.07) is 0. The summed E-state index contributed by atoms with van der Waals surface area (Å²) in [7, 11) is 0. The highest BCUT2D eigenvalue weighted by atomic mass is 35.5. The first-order chi connectivity index (χ1) is 13.6. The minimum Gasteiger partial charge on any atom is -1.00 e. The maximum Gasteiger partial charge on any atom is 0.245 e. The molecule has 1 aromatic heterocycles. The smallest absolute Gasteiger partial charge is 0.245 e. The van der Waals surface area contributed by atoms with Gasteiger partial charge in [0.05, 0.1) is 12.6 Å². The van der Waals surface area contributed by atoms with Crippen molar-refractivity contribution in [2.45, 2.75) is 124 Å². The number of ether oxygens (including phenoxy) is 1. The van der Waals surface area contributed by atoms with Crippen LogP contribution in [0.3, 0.4) is 0 Å². The van der Waals surface area contributed by atoms with Crippen molar-refractivity contribution in [2.75, 3.05) is 0 Å². The van der Waals surface area contributed by atoms with Crippen molar-refractivity contribution < 1.29 is 21.7 Å². The lowest BCUT2D eigenvalue weighted by atomic mass is 9.75. The first-order valence-corrected chi connectivity index (χ1v) is 12.3. The highest BCUT2D eigenvalue weighted by Gasteiger charge is 2.31. The van der Waals surface area contributed by atoms with E-state index in [1.54, 1.807) is 0 Å². The average Bonchev–Trinajstić information content (AvgIpc) is 3.12. The van der Waals surface area contributed by atoms with Crippen LogP contribution in [-0.2, 0) is 18.0 Å². The lowest BCUT2D eigenvalue weighted by Crippen LogP contribution is -3.00. The number of hydrogen-bond acceptors (Lipinski definition) is 1. The molecule has 1 aliphatic carbocycles. The van der Waals surface area contributed by atoms with Crippen molar-refractivity contribution >= 4 is 0 Å². The second-order valence-electron chi connectivity index (χ2n) is 9.65. The van der Waals surface area contributed by atoms with Gasteiger partial charge in [0.2, 0.25) is 6.33 Å². The Kier molecular flexibility index (Phi) is 14.0. The molecule has 0 unspecified atom stereocenters. The molecule has 0 saturated heterocycles. The molecule has 1 heterocycles. The summed E-state index contributed by atoms with van der Waals surface area (Å²) >= 11 is 0. The zero-order chi connectivity index (χ0) is 20.2. The summed E-state index contributed by atoms with van der Waals surface area (Å²) in [5.74, 6) is 2.25. The molecule has 4 heteroatoms. The Morgan fingerprint density at radius 1 is 1.00 bits per heavy atom. The topological polar surface area (TPSA) is 18.0 Å². The van der Waals surface area contributed by atoms with Crippen LogP contribution < -0.4 is 17.0 Å². The SMILES string of the molecule is CCCCCCCCCCCn1cc[n+](CO[C@@H]2C[C@H](C)CC[C@H]2C(C)C)c1.[Cl-]. The third-order valence-electron chi connectivity index (χ3n) is 6.67. The number of aryl methyl sites for hydroxylation is 1. The molecule has 0 bridgehead atoms. The van der Waals surface area contributed by atoms with E-state index >= 15 is 0 Å². The second-order valence-corrected chi connectivity index (χ2v) is 9.65. The van der Waals surface area contributed by atoms with Gasteiger partial charge in [0.25, 0.3) is 0 Å². The zero-order valence-electron chi connectivity index (χ0n) is 19.6. The van der Waals surface area contributed by atoms with Crippen LogP contribution in [-0.4, -0.2) is 10.7 Å². The Labute approximate surface area is 187 Å². The normalized spacial score (nSPS) is 22.0. The molecule has 1 fully saturated rings. The Balaban J connectivity index is 0.00000420. The third kappa shape index (κ3) is 10.4. The van der Waals surface area contributed by atoms with Gasteiger partial charge in [-0.3, -0.25) is 0 Å². The van der Waals surface area contributed by atoms with Crippen LogP contribution >= 0.6 is 0 Å². The van der Waals surface area contributed by atoms with Crippen LogP contribution in [0, 0.1) is 17.8 Å². The van der Waals surface area contributed by atoms with Crippen LogP contribution in [0.2, 0.25) is 0 Å². The van der Waals surface area contributed by atoms with Crippen LogP contribution in [0.15, 0.2) is 18.7 Å². The molecule has 3 atom stereocenters. The Morgan fingerprint density at radius 2 is 1.66 bits per heavy atom. The molecular weight excluding hydrogens is 380 g/mol. The molecule has 2 rings (SSSR count). The van der Waals surface area contributed by atoms with Crippen molar-refractivity contribution in [3.05, 3.63) is 18.7 Å². The van der Waals surface area contributed by atoms with E-state index in [0.717, 1.165) is 24.3 Å². The number of aromatic nitrogens is 2. The standard InChI is InChI=1S/C25H47N2O.ClH/c1-5-6-7-8-9-10-11-12-13-16-26-17-18-27(20-26)21-28-25-19-23(4)14-15-24(25)22(2)3;/h17-18,20,22-25H,5-16,19,21H2,1-4H3;1H/q+1;/p-1/t23-,24+,25-;/m1./s1. The fraction of sp³-hybridized carbons (Fsp3) is 0.880. The largest absolute Gasteiger partial charge is 1.00 e. The summed E-state index contributed by atoms with van der Waals surface area (Å²) in [4.78, 5) is 0. The summed E-state index contributed by atoms with van der Waals surface area (Å²) in [6.45, 7) is 11.2. The molecule has 170 valence electrons. The maximum absolute atomic E-state index is 6.37. The van der Waals surface area contributed by atoms with E-state index < -0.39 is 0 Å². The van der Waals surface area contributed by atoms with Gasteiger partial charge in [-0.2, -0.15) is 0 Å². The quantitative estimate of drug-likeness (QED) is 0.327. The van der Waals surface area contributed by atoms with Crippen LogP contribution in [0.4, 0.5) is 0 Å². The van der Waals surface area contributed by atoms with Gasteiger partial charge in [-0.1, -0.05) is 79.1 Å². The van der Waals surface area contributed by atoms with Crippen molar-refractivity contribution in [3.63, 3.8) is 0 Å². The molecule has 0 radical (unpaired) electrons. The van der Waals surface area contributed by atoms with Crippen molar-refractivity contribution in [1.29, 1.82) is 0 Å². The van der Waals surface area contributed by atoms with Gasteiger partial charge in [-0.05, 0) is 43.4 Å². The first kappa shape index (κ1) is 26.5. The average molecular weight is 427 g/mol. The Hall–Kier alpha value is -0.540. The van der Waals surface area contributed by atoms with Gasteiger partial charge in [0, 0.05) is 0 Å². The van der Waals surface area contributed by atoms with Crippen molar-refractivity contribution in [2.24, 2.45) is 17.8 Å². The minimum absolute atomic E-state index is 0. The highest BCUT2D eigenvalue weighted by Crippen LogP contribution is 2.35. The van der Waals surface area contributed by atoms with E-state index in [1.807, 2.05) is 0 Å². The molecule has 3 nitrogen and oxygen atoms in total. The molecule has 1 aliphatic rings. The monoisotopic (exact) mass is 426 g/mol. The molecule has 1 aromatic rings. The number of halogens is 1. The van der Waals surface area contributed by atoms with Gasteiger partial charge in [0.1, 0.15) is 12.4 Å². The molecule has 0 aromatic carbocycles. The summed E-state index contributed by atoms with van der Waals surface area (Å²) < 4.78 is 10.9. The summed E-state index contributed by atoms with van der Waals surface area (Å²) in [5.41, 5.74) is 0. The lowest BCUT2D eigenvalue weighted by molar-refractivity contribution is -0.735. The fourth-order valence-corrected chi connectivity index (χ4v) is 4.74. The molecule has 0 amide bonds. The molecule has 0 aliphatic heterocycles. The van der Waals surface area contributed by atoms with E-state index in [2.05, 4.69) is 55.6 Å². The summed E-state index contributed by atoms with van der Waals surface area (Å²) in [5, 5.41) is 0. The fourth-order valence-electron chi connectivity index (χ4n) is 4.74. The predicted octanol–water partition coefficient (Wildman–Crippen LogP) is 3.75. The first-order valence-electron chi connectivity index (χ1n) is 12.3. The number of imidazole rings is 1. The number of nitrogens with zero attached hydrogens (tertiary/aromatic N) is 2. The van der Waals surface area contributed by atoms with Crippen molar-refractivity contribution in [1.82, 2.24) is 4.57 Å². The predicted molar refractivity (Wildman–Crippen MR) is 118 cm³/mol. The van der Waals surface area contributed by atoms with Crippen LogP contribution in [0.25, 0.3) is 0 Å². The Bertz CT molecular complexity index is 517. The van der Waals surface area contributed by atoms with E-state index in [9.17, 15) is 0 Å². The molecule has 0 N–H and O–H groups in total. The number of rotatable bonds is 14. The number of unbranched alkanes of at least 4 members (excludes halogenated alkanes) is 8. The minimum atomic E-state index is 0. The molecule has 0 spiro atoms. The van der Waals surface area contributed by atoms with E-state index in [0.29, 0.717) is 12.8 Å². The van der Waals surface area contributed by atoms with Crippen LogP contribution in [0.5, 0.6) is 0 Å². The van der Waals surface area contributed by atoms with E-state index in [-0.39, 0.29) is 12.4 Å².